The zero-order valence-electron chi connectivity index (χ0n) is 11.0. The Bertz CT molecular complexity index is 600. The molecule has 102 valence electrons. The van der Waals surface area contributed by atoms with Gasteiger partial charge in [0.25, 0.3) is 0 Å². The monoisotopic (exact) mass is 268 g/mol. The lowest BCUT2D eigenvalue weighted by atomic mass is 10.2. The number of hydrogen-bond donors (Lipinski definition) is 2. The smallest absolute Gasteiger partial charge is 0.321 e. The molecule has 0 unspecified atom stereocenters. The molecular formula is C15H16N4O. The van der Waals surface area contributed by atoms with Crippen LogP contribution in [-0.4, -0.2) is 24.1 Å². The topological polar surface area (TPSA) is 57.3 Å². The van der Waals surface area contributed by atoms with Crippen LogP contribution in [0.3, 0.4) is 0 Å². The summed E-state index contributed by atoms with van der Waals surface area (Å²) in [6.07, 6.45) is 1.78. The largest absolute Gasteiger partial charge is 0.379 e. The van der Waals surface area contributed by atoms with E-state index in [9.17, 15) is 4.79 Å². The number of urea groups is 1. The lowest BCUT2D eigenvalue weighted by Crippen LogP contribution is -2.27. The maximum absolute atomic E-state index is 11.6. The summed E-state index contributed by atoms with van der Waals surface area (Å²) < 4.78 is 0. The van der Waals surface area contributed by atoms with Crippen LogP contribution >= 0.6 is 0 Å². The predicted octanol–water partition coefficient (Wildman–Crippen LogP) is 2.22. The number of amides is 2. The summed E-state index contributed by atoms with van der Waals surface area (Å²) in [5, 5.41) is 6.12. The first-order chi connectivity index (χ1) is 9.83. The maximum atomic E-state index is 11.6. The van der Waals surface area contributed by atoms with Crippen LogP contribution in [0.4, 0.5) is 16.2 Å². The third-order valence-corrected chi connectivity index (χ3v) is 3.21. The zero-order chi connectivity index (χ0) is 13.8. The van der Waals surface area contributed by atoms with Crippen LogP contribution in [0.2, 0.25) is 0 Å². The van der Waals surface area contributed by atoms with Gasteiger partial charge >= 0.3 is 6.03 Å². The first-order valence-corrected chi connectivity index (χ1v) is 6.62. The summed E-state index contributed by atoms with van der Waals surface area (Å²) in [4.78, 5) is 17.7. The summed E-state index contributed by atoms with van der Waals surface area (Å²) in [6.45, 7) is 2.07. The minimum absolute atomic E-state index is 0.0353. The summed E-state index contributed by atoms with van der Waals surface area (Å²) in [5.74, 6) is 0. The molecule has 2 N–H and O–H groups in total. The molecule has 0 radical (unpaired) electrons. The summed E-state index contributed by atoms with van der Waals surface area (Å²) in [5.41, 5.74) is 2.87. The van der Waals surface area contributed by atoms with E-state index in [-0.39, 0.29) is 6.03 Å². The van der Waals surface area contributed by atoms with E-state index in [4.69, 9.17) is 0 Å². The van der Waals surface area contributed by atoms with Crippen LogP contribution in [0.5, 0.6) is 0 Å². The number of aromatic nitrogens is 1. The minimum Gasteiger partial charge on any atom is -0.379 e. The molecule has 2 aromatic rings. The molecule has 0 aliphatic carbocycles. The lowest BCUT2D eigenvalue weighted by Gasteiger charge is -2.15. The summed E-state index contributed by atoms with van der Waals surface area (Å²) in [7, 11) is 0. The first kappa shape index (κ1) is 12.5. The van der Waals surface area contributed by atoms with E-state index in [1.807, 2.05) is 42.5 Å². The third-order valence-electron chi connectivity index (χ3n) is 3.21. The van der Waals surface area contributed by atoms with Gasteiger partial charge < -0.3 is 10.6 Å². The molecule has 2 heterocycles. The normalized spacial score (nSPS) is 14.2. The second kappa shape index (κ2) is 5.61. The van der Waals surface area contributed by atoms with Gasteiger partial charge in [0.15, 0.2) is 0 Å². The van der Waals surface area contributed by atoms with E-state index in [0.29, 0.717) is 19.6 Å². The molecule has 0 saturated carbocycles. The number of nitrogens with zero attached hydrogens (tertiary/aromatic N) is 2. The third kappa shape index (κ3) is 2.71. The van der Waals surface area contributed by atoms with Gasteiger partial charge in [-0.1, -0.05) is 12.1 Å². The van der Waals surface area contributed by atoms with Crippen molar-refractivity contribution in [2.75, 3.05) is 23.3 Å². The van der Waals surface area contributed by atoms with Crippen LogP contribution in [-0.2, 0) is 6.54 Å². The highest BCUT2D eigenvalue weighted by Crippen LogP contribution is 2.21. The highest BCUT2D eigenvalue weighted by atomic mass is 16.2. The molecule has 0 bridgehead atoms. The van der Waals surface area contributed by atoms with Crippen molar-refractivity contribution in [1.29, 1.82) is 0 Å². The number of nitrogens with one attached hydrogen (secondary N) is 2. The van der Waals surface area contributed by atoms with Gasteiger partial charge in [0, 0.05) is 30.7 Å². The van der Waals surface area contributed by atoms with Crippen molar-refractivity contribution < 1.29 is 4.79 Å². The number of carbonyl (C=O) groups is 1. The second-order valence-electron chi connectivity index (χ2n) is 4.61. The second-order valence-corrected chi connectivity index (χ2v) is 4.61. The molecule has 3 rings (SSSR count). The average Bonchev–Trinajstić information content (AvgIpc) is 2.93. The van der Waals surface area contributed by atoms with Crippen LogP contribution in [0.1, 0.15) is 5.69 Å². The number of benzene rings is 1. The standard InChI is InChI=1S/C15H16N4O/c20-15-17-8-9-19(15)14-6-3-5-12(10-14)18-11-13-4-1-2-7-16-13/h1-7,10,18H,8-9,11H2,(H,17,20). The molecule has 2 amide bonds. The Balaban J connectivity index is 1.70. The fourth-order valence-corrected chi connectivity index (χ4v) is 2.20. The predicted molar refractivity (Wildman–Crippen MR) is 78.8 cm³/mol. The lowest BCUT2D eigenvalue weighted by molar-refractivity contribution is 0.252. The molecule has 20 heavy (non-hydrogen) atoms. The number of anilines is 2. The molecule has 1 saturated heterocycles. The van der Waals surface area contributed by atoms with Crippen molar-refractivity contribution in [2.24, 2.45) is 0 Å². The van der Waals surface area contributed by atoms with Crippen LogP contribution in [0.25, 0.3) is 0 Å². The van der Waals surface area contributed by atoms with Gasteiger partial charge in [-0.3, -0.25) is 9.88 Å². The Kier molecular flexibility index (Phi) is 3.50. The van der Waals surface area contributed by atoms with Gasteiger partial charge in [-0.05, 0) is 30.3 Å². The van der Waals surface area contributed by atoms with Gasteiger partial charge in [0.1, 0.15) is 0 Å². The average molecular weight is 268 g/mol. The van der Waals surface area contributed by atoms with E-state index < -0.39 is 0 Å². The zero-order valence-corrected chi connectivity index (χ0v) is 11.0. The van der Waals surface area contributed by atoms with Crippen LogP contribution in [0.15, 0.2) is 48.7 Å². The van der Waals surface area contributed by atoms with Crippen molar-refractivity contribution in [2.45, 2.75) is 6.54 Å². The Hall–Kier alpha value is -2.56. The van der Waals surface area contributed by atoms with E-state index in [2.05, 4.69) is 15.6 Å². The van der Waals surface area contributed by atoms with Crippen molar-refractivity contribution in [3.05, 3.63) is 54.4 Å². The molecule has 0 spiro atoms. The number of rotatable bonds is 4. The molecular weight excluding hydrogens is 252 g/mol. The molecule has 1 aromatic carbocycles. The highest BCUT2D eigenvalue weighted by Gasteiger charge is 2.20. The molecule has 1 aliphatic heterocycles. The Morgan fingerprint density at radius 3 is 2.95 bits per heavy atom. The molecule has 1 fully saturated rings. The van der Waals surface area contributed by atoms with Gasteiger partial charge in [-0.15, -0.1) is 0 Å². The van der Waals surface area contributed by atoms with Crippen molar-refractivity contribution >= 4 is 17.4 Å². The number of hydrogen-bond acceptors (Lipinski definition) is 3. The van der Waals surface area contributed by atoms with Gasteiger partial charge in [-0.2, -0.15) is 0 Å². The highest BCUT2D eigenvalue weighted by molar-refractivity contribution is 5.94. The summed E-state index contributed by atoms with van der Waals surface area (Å²) >= 11 is 0. The minimum atomic E-state index is -0.0353. The van der Waals surface area contributed by atoms with Crippen molar-refractivity contribution in [3.8, 4) is 0 Å². The molecule has 1 aliphatic rings. The number of pyridine rings is 1. The van der Waals surface area contributed by atoms with E-state index >= 15 is 0 Å². The van der Waals surface area contributed by atoms with Crippen LogP contribution in [0, 0.1) is 0 Å². The molecule has 5 nitrogen and oxygen atoms in total. The fraction of sp³-hybridized carbons (Fsp3) is 0.200. The SMILES string of the molecule is O=C1NCCN1c1cccc(NCc2ccccn2)c1. The van der Waals surface area contributed by atoms with E-state index in [1.54, 1.807) is 11.1 Å². The van der Waals surface area contributed by atoms with Crippen LogP contribution < -0.4 is 15.5 Å². The Morgan fingerprint density at radius 2 is 2.20 bits per heavy atom. The number of carbonyl (C=O) groups excluding carboxylic acids is 1. The van der Waals surface area contributed by atoms with E-state index in [1.165, 1.54) is 0 Å². The van der Waals surface area contributed by atoms with Gasteiger partial charge in [0.05, 0.1) is 12.2 Å². The fourth-order valence-electron chi connectivity index (χ4n) is 2.20. The first-order valence-electron chi connectivity index (χ1n) is 6.62. The van der Waals surface area contributed by atoms with Gasteiger partial charge in [-0.25, -0.2) is 4.79 Å². The quantitative estimate of drug-likeness (QED) is 0.894. The van der Waals surface area contributed by atoms with Crippen molar-refractivity contribution in [3.63, 3.8) is 0 Å². The van der Waals surface area contributed by atoms with Crippen molar-refractivity contribution in [1.82, 2.24) is 10.3 Å². The van der Waals surface area contributed by atoms with Gasteiger partial charge in [0.2, 0.25) is 0 Å². The Labute approximate surface area is 117 Å². The molecule has 0 atom stereocenters. The summed E-state index contributed by atoms with van der Waals surface area (Å²) in [6, 6.07) is 13.7. The maximum Gasteiger partial charge on any atom is 0.321 e. The van der Waals surface area contributed by atoms with E-state index in [0.717, 1.165) is 17.1 Å². The molecule has 1 aromatic heterocycles. The molecule has 5 heteroatoms. The Morgan fingerprint density at radius 1 is 1.25 bits per heavy atom.